The van der Waals surface area contributed by atoms with Crippen LogP contribution >= 0.6 is 0 Å². The second-order valence-corrected chi connectivity index (χ2v) is 4.48. The Hall–Kier alpha value is -2.58. The molecule has 0 saturated carbocycles. The first kappa shape index (κ1) is 16.5. The van der Waals surface area contributed by atoms with Crippen molar-refractivity contribution in [2.24, 2.45) is 21.7 Å². The number of hydrogen-bond donors (Lipinski definition) is 4. The predicted molar refractivity (Wildman–Crippen MR) is 80.5 cm³/mol. The molecule has 0 atom stereocenters. The molecule has 1 aromatic heterocycles. The van der Waals surface area contributed by atoms with E-state index in [1.165, 1.54) is 0 Å². The van der Waals surface area contributed by atoms with Crippen LogP contribution in [-0.2, 0) is 6.54 Å². The van der Waals surface area contributed by atoms with E-state index in [0.29, 0.717) is 6.54 Å². The molecule has 0 fully saturated rings. The Balaban J connectivity index is 3.05. The van der Waals surface area contributed by atoms with Crippen LogP contribution in [0.5, 0.6) is 5.88 Å². The molecule has 116 valence electrons. The number of H-pyrrole nitrogens is 1. The Morgan fingerprint density at radius 1 is 1.33 bits per heavy atom. The van der Waals surface area contributed by atoms with Crippen LogP contribution in [0, 0.1) is 0 Å². The van der Waals surface area contributed by atoms with Gasteiger partial charge in [0.25, 0.3) is 5.56 Å². The van der Waals surface area contributed by atoms with Crippen molar-refractivity contribution in [3.63, 3.8) is 0 Å². The van der Waals surface area contributed by atoms with Gasteiger partial charge in [0.2, 0.25) is 11.8 Å². The number of guanidine groups is 1. The van der Waals surface area contributed by atoms with Gasteiger partial charge in [0.05, 0.1) is 6.21 Å². The van der Waals surface area contributed by atoms with E-state index in [0.717, 1.165) is 36.5 Å². The minimum atomic E-state index is -0.753. The highest BCUT2D eigenvalue weighted by atomic mass is 16.3. The molecule has 0 spiro atoms. The maximum Gasteiger partial charge on any atom is 0.331 e. The summed E-state index contributed by atoms with van der Waals surface area (Å²) in [5, 5.41) is 16.8. The summed E-state index contributed by atoms with van der Waals surface area (Å²) < 4.78 is 1.09. The quantitative estimate of drug-likeness (QED) is 0.230. The van der Waals surface area contributed by atoms with E-state index in [1.807, 2.05) is 0 Å². The van der Waals surface area contributed by atoms with Crippen LogP contribution in [0.25, 0.3) is 0 Å². The molecule has 1 rings (SSSR count). The lowest BCUT2D eigenvalue weighted by Crippen LogP contribution is -2.32. The maximum atomic E-state index is 11.7. The van der Waals surface area contributed by atoms with E-state index in [9.17, 15) is 14.7 Å². The average molecular weight is 296 g/mol. The molecule has 0 aliphatic carbocycles. The number of nitrogens with two attached hydrogens (primary N) is 2. The third kappa shape index (κ3) is 4.79. The molecular weight excluding hydrogens is 276 g/mol. The van der Waals surface area contributed by atoms with Crippen molar-refractivity contribution in [3.05, 3.63) is 26.4 Å². The first-order valence-electron chi connectivity index (χ1n) is 6.65. The highest BCUT2D eigenvalue weighted by molar-refractivity contribution is 5.83. The molecule has 0 aliphatic rings. The molecule has 0 saturated heterocycles. The van der Waals surface area contributed by atoms with Crippen LogP contribution < -0.4 is 22.7 Å². The van der Waals surface area contributed by atoms with E-state index in [1.54, 1.807) is 0 Å². The fraction of sp³-hybridized carbons (Fsp3) is 0.500. The SMILES string of the molecule is CCCCCCn1c(O)c(/C=N/N=C(N)N)c(=O)[nH]c1=O. The van der Waals surface area contributed by atoms with Gasteiger partial charge in [0.15, 0.2) is 0 Å². The molecule has 1 heterocycles. The normalized spacial score (nSPS) is 10.9. The Labute approximate surface area is 121 Å². The third-order valence-corrected chi connectivity index (χ3v) is 2.80. The zero-order valence-electron chi connectivity index (χ0n) is 11.9. The summed E-state index contributed by atoms with van der Waals surface area (Å²) in [5.74, 6) is -0.732. The number of aromatic hydroxyl groups is 1. The van der Waals surface area contributed by atoms with Gasteiger partial charge in [-0.1, -0.05) is 26.2 Å². The summed E-state index contributed by atoms with van der Waals surface area (Å²) in [7, 11) is 0. The fourth-order valence-corrected chi connectivity index (χ4v) is 1.75. The summed E-state index contributed by atoms with van der Waals surface area (Å²) in [6, 6.07) is 0. The van der Waals surface area contributed by atoms with Gasteiger partial charge in [0.1, 0.15) is 5.56 Å². The van der Waals surface area contributed by atoms with Crippen LogP contribution in [0.3, 0.4) is 0 Å². The lowest BCUT2D eigenvalue weighted by Gasteiger charge is -2.08. The van der Waals surface area contributed by atoms with Gasteiger partial charge < -0.3 is 16.6 Å². The van der Waals surface area contributed by atoms with E-state index >= 15 is 0 Å². The summed E-state index contributed by atoms with van der Waals surface area (Å²) in [6.45, 7) is 2.38. The van der Waals surface area contributed by atoms with Gasteiger partial charge in [-0.3, -0.25) is 14.3 Å². The fourth-order valence-electron chi connectivity index (χ4n) is 1.75. The molecule has 0 aromatic carbocycles. The number of nitrogens with one attached hydrogen (secondary N) is 1. The predicted octanol–water partition coefficient (Wildman–Crippen LogP) is -0.570. The topological polar surface area (TPSA) is 152 Å². The minimum absolute atomic E-state index is 0.171. The van der Waals surface area contributed by atoms with Crippen LogP contribution in [0.15, 0.2) is 19.8 Å². The number of hydrogen-bond acceptors (Lipinski definition) is 5. The molecular formula is C12H20N6O3. The Bertz CT molecular complexity index is 639. The Morgan fingerprint density at radius 3 is 2.67 bits per heavy atom. The van der Waals surface area contributed by atoms with Crippen molar-refractivity contribution < 1.29 is 5.11 Å². The van der Waals surface area contributed by atoms with Crippen LogP contribution in [-0.4, -0.2) is 26.8 Å². The van der Waals surface area contributed by atoms with Crippen molar-refractivity contribution in [1.29, 1.82) is 0 Å². The van der Waals surface area contributed by atoms with E-state index < -0.39 is 17.1 Å². The smallest absolute Gasteiger partial charge is 0.331 e. The average Bonchev–Trinajstić information content (AvgIpc) is 2.41. The summed E-state index contributed by atoms with van der Waals surface area (Å²) in [5.41, 5.74) is 8.60. The van der Waals surface area contributed by atoms with Crippen molar-refractivity contribution >= 4 is 12.2 Å². The Morgan fingerprint density at radius 2 is 2.05 bits per heavy atom. The lowest BCUT2D eigenvalue weighted by atomic mass is 10.2. The molecule has 0 bridgehead atoms. The van der Waals surface area contributed by atoms with Crippen molar-refractivity contribution in [2.75, 3.05) is 0 Å². The number of aromatic amines is 1. The minimum Gasteiger partial charge on any atom is -0.494 e. The molecule has 9 heteroatoms. The van der Waals surface area contributed by atoms with Crippen LogP contribution in [0.2, 0.25) is 0 Å². The van der Waals surface area contributed by atoms with Gasteiger partial charge in [-0.2, -0.15) is 5.10 Å². The second-order valence-electron chi connectivity index (χ2n) is 4.48. The zero-order chi connectivity index (χ0) is 15.8. The zero-order valence-corrected chi connectivity index (χ0v) is 11.9. The molecule has 9 nitrogen and oxygen atoms in total. The van der Waals surface area contributed by atoms with E-state index in [2.05, 4.69) is 22.1 Å². The van der Waals surface area contributed by atoms with E-state index in [-0.39, 0.29) is 11.5 Å². The number of rotatable bonds is 7. The first-order valence-corrected chi connectivity index (χ1v) is 6.65. The van der Waals surface area contributed by atoms with Crippen molar-refractivity contribution in [2.45, 2.75) is 39.2 Å². The third-order valence-electron chi connectivity index (χ3n) is 2.80. The number of nitrogens with zero attached hydrogens (tertiary/aromatic N) is 3. The number of unbranched alkanes of at least 4 members (excludes halogenated alkanes) is 3. The molecule has 0 aliphatic heterocycles. The van der Waals surface area contributed by atoms with Gasteiger partial charge in [-0.15, -0.1) is 5.10 Å². The molecule has 1 aromatic rings. The van der Waals surface area contributed by atoms with Gasteiger partial charge in [-0.05, 0) is 6.42 Å². The lowest BCUT2D eigenvalue weighted by molar-refractivity contribution is 0.392. The summed E-state index contributed by atoms with van der Waals surface area (Å²) in [6.07, 6.45) is 4.74. The largest absolute Gasteiger partial charge is 0.494 e. The van der Waals surface area contributed by atoms with Crippen molar-refractivity contribution in [3.8, 4) is 5.88 Å². The second kappa shape index (κ2) is 7.88. The molecule has 6 N–H and O–H groups in total. The first-order chi connectivity index (χ1) is 9.97. The van der Waals surface area contributed by atoms with E-state index in [4.69, 9.17) is 11.5 Å². The summed E-state index contributed by atoms with van der Waals surface area (Å²) in [4.78, 5) is 25.4. The van der Waals surface area contributed by atoms with Crippen molar-refractivity contribution in [1.82, 2.24) is 9.55 Å². The molecule has 0 radical (unpaired) electrons. The standard InChI is InChI=1S/C12H20N6O3/c1-2-3-4-5-6-18-10(20)8(7-15-17-11(13)14)9(19)16-12(18)21/h7,20H,2-6H2,1H3,(H4,13,14,17)(H,16,19,21)/b15-7+. The molecule has 0 amide bonds. The van der Waals surface area contributed by atoms with Crippen LogP contribution in [0.4, 0.5) is 0 Å². The molecule has 21 heavy (non-hydrogen) atoms. The highest BCUT2D eigenvalue weighted by Gasteiger charge is 2.12. The monoisotopic (exact) mass is 296 g/mol. The van der Waals surface area contributed by atoms with Gasteiger partial charge in [0, 0.05) is 6.54 Å². The van der Waals surface area contributed by atoms with Crippen LogP contribution in [0.1, 0.15) is 38.2 Å². The van der Waals surface area contributed by atoms with Gasteiger partial charge >= 0.3 is 5.69 Å². The Kier molecular flexibility index (Phi) is 6.18. The molecule has 0 unspecified atom stereocenters. The highest BCUT2D eigenvalue weighted by Crippen LogP contribution is 2.10. The van der Waals surface area contributed by atoms with Gasteiger partial charge in [-0.25, -0.2) is 4.79 Å². The summed E-state index contributed by atoms with van der Waals surface area (Å²) >= 11 is 0. The maximum absolute atomic E-state index is 11.7. The number of aromatic nitrogens is 2.